The molecular formula is C17H28N2. The van der Waals surface area contributed by atoms with Crippen molar-refractivity contribution >= 4 is 5.69 Å². The van der Waals surface area contributed by atoms with Crippen molar-refractivity contribution in [2.75, 3.05) is 11.4 Å². The zero-order chi connectivity index (χ0) is 13.5. The molecule has 0 radical (unpaired) electrons. The van der Waals surface area contributed by atoms with E-state index >= 15 is 0 Å². The fraction of sp³-hybridized carbons (Fsp3) is 0.647. The second-order valence-electron chi connectivity index (χ2n) is 5.75. The molecule has 1 fully saturated rings. The van der Waals surface area contributed by atoms with Crippen molar-refractivity contribution in [3.05, 3.63) is 30.3 Å². The molecule has 1 saturated carbocycles. The van der Waals surface area contributed by atoms with Crippen LogP contribution in [-0.4, -0.2) is 18.6 Å². The summed E-state index contributed by atoms with van der Waals surface area (Å²) in [7, 11) is 0. The normalized spacial score (nSPS) is 23.9. The highest BCUT2D eigenvalue weighted by molar-refractivity contribution is 5.47. The fourth-order valence-corrected chi connectivity index (χ4v) is 3.14. The number of para-hydroxylation sites is 1. The first-order valence-corrected chi connectivity index (χ1v) is 7.90. The zero-order valence-electron chi connectivity index (χ0n) is 12.2. The first kappa shape index (κ1) is 14.4. The summed E-state index contributed by atoms with van der Waals surface area (Å²) in [6, 6.07) is 11.7. The van der Waals surface area contributed by atoms with Crippen LogP contribution in [-0.2, 0) is 0 Å². The summed E-state index contributed by atoms with van der Waals surface area (Å²) in [6.07, 6.45) is 8.89. The highest BCUT2D eigenvalue weighted by atomic mass is 15.2. The van der Waals surface area contributed by atoms with E-state index in [2.05, 4.69) is 42.2 Å². The molecule has 0 amide bonds. The van der Waals surface area contributed by atoms with Crippen molar-refractivity contribution in [1.82, 2.24) is 0 Å². The molecule has 0 saturated heterocycles. The smallest absolute Gasteiger partial charge is 0.0441 e. The topological polar surface area (TPSA) is 29.3 Å². The van der Waals surface area contributed by atoms with Crippen LogP contribution in [0.4, 0.5) is 5.69 Å². The van der Waals surface area contributed by atoms with Gasteiger partial charge in [-0.25, -0.2) is 0 Å². The Kier molecular flexibility index (Phi) is 5.71. The molecular weight excluding hydrogens is 232 g/mol. The lowest BCUT2D eigenvalue weighted by atomic mass is 10.0. The summed E-state index contributed by atoms with van der Waals surface area (Å²) in [5.74, 6) is 0. The van der Waals surface area contributed by atoms with E-state index in [4.69, 9.17) is 5.73 Å². The van der Waals surface area contributed by atoms with Crippen molar-refractivity contribution in [3.63, 3.8) is 0 Å². The van der Waals surface area contributed by atoms with Crippen molar-refractivity contribution in [1.29, 1.82) is 0 Å². The fourth-order valence-electron chi connectivity index (χ4n) is 3.14. The molecule has 2 N–H and O–H groups in total. The van der Waals surface area contributed by atoms with Gasteiger partial charge in [-0.3, -0.25) is 0 Å². The molecule has 0 spiro atoms. The summed E-state index contributed by atoms with van der Waals surface area (Å²) < 4.78 is 0. The number of benzene rings is 1. The van der Waals surface area contributed by atoms with Crippen LogP contribution in [0.5, 0.6) is 0 Å². The lowest BCUT2D eigenvalue weighted by Gasteiger charge is -2.36. The lowest BCUT2D eigenvalue weighted by molar-refractivity contribution is 0.456. The van der Waals surface area contributed by atoms with Crippen LogP contribution in [0.15, 0.2) is 30.3 Å². The van der Waals surface area contributed by atoms with Gasteiger partial charge in [0, 0.05) is 24.3 Å². The van der Waals surface area contributed by atoms with Gasteiger partial charge in [0.25, 0.3) is 0 Å². The Bertz CT molecular complexity index is 350. The summed E-state index contributed by atoms with van der Waals surface area (Å²) in [4.78, 5) is 2.57. The van der Waals surface area contributed by atoms with Crippen LogP contribution in [0.2, 0.25) is 0 Å². The second kappa shape index (κ2) is 7.54. The third-order valence-electron chi connectivity index (χ3n) is 4.27. The van der Waals surface area contributed by atoms with Crippen molar-refractivity contribution in [3.8, 4) is 0 Å². The molecule has 2 unspecified atom stereocenters. The number of nitrogens with two attached hydrogens (primary N) is 1. The van der Waals surface area contributed by atoms with Crippen LogP contribution in [0.25, 0.3) is 0 Å². The minimum atomic E-state index is 0.333. The van der Waals surface area contributed by atoms with E-state index in [1.54, 1.807) is 0 Å². The Hall–Kier alpha value is -1.02. The lowest BCUT2D eigenvalue weighted by Crippen LogP contribution is -2.48. The predicted octanol–water partition coefficient (Wildman–Crippen LogP) is 3.95. The average Bonchev–Trinajstić information content (AvgIpc) is 2.66. The van der Waals surface area contributed by atoms with Gasteiger partial charge in [0.15, 0.2) is 0 Å². The Morgan fingerprint density at radius 2 is 1.84 bits per heavy atom. The number of rotatable bonds is 5. The molecule has 0 aromatic heterocycles. The van der Waals surface area contributed by atoms with Gasteiger partial charge in [0.05, 0.1) is 0 Å². The Morgan fingerprint density at radius 1 is 1.11 bits per heavy atom. The molecule has 2 nitrogen and oxygen atoms in total. The van der Waals surface area contributed by atoms with Crippen molar-refractivity contribution in [2.24, 2.45) is 5.73 Å². The van der Waals surface area contributed by atoms with E-state index in [0.29, 0.717) is 12.1 Å². The molecule has 19 heavy (non-hydrogen) atoms. The molecule has 0 bridgehead atoms. The second-order valence-corrected chi connectivity index (χ2v) is 5.75. The van der Waals surface area contributed by atoms with Crippen molar-refractivity contribution < 1.29 is 0 Å². The molecule has 1 aromatic carbocycles. The number of hydrogen-bond donors (Lipinski definition) is 1. The van der Waals surface area contributed by atoms with Gasteiger partial charge in [0.2, 0.25) is 0 Å². The highest BCUT2D eigenvalue weighted by Crippen LogP contribution is 2.26. The average molecular weight is 260 g/mol. The number of hydrogen-bond acceptors (Lipinski definition) is 2. The third kappa shape index (κ3) is 3.97. The molecule has 0 heterocycles. The van der Waals surface area contributed by atoms with Gasteiger partial charge in [-0.2, -0.15) is 0 Å². The quantitative estimate of drug-likeness (QED) is 0.812. The predicted molar refractivity (Wildman–Crippen MR) is 83.5 cm³/mol. The van der Waals surface area contributed by atoms with Gasteiger partial charge < -0.3 is 10.6 Å². The summed E-state index contributed by atoms with van der Waals surface area (Å²) in [5.41, 5.74) is 7.79. The number of anilines is 1. The van der Waals surface area contributed by atoms with Gasteiger partial charge >= 0.3 is 0 Å². The van der Waals surface area contributed by atoms with Gasteiger partial charge in [0.1, 0.15) is 0 Å². The first-order valence-electron chi connectivity index (χ1n) is 7.90. The van der Waals surface area contributed by atoms with Crippen LogP contribution in [0.3, 0.4) is 0 Å². The molecule has 1 aliphatic rings. The standard InChI is InChI=1S/C17H28N2/c1-2-3-14-19(15-10-6-4-7-11-15)17-13-9-5-8-12-16(17)18/h4,6-7,10-11,16-17H,2-3,5,8-9,12-14,18H2,1H3. The van der Waals surface area contributed by atoms with E-state index in [1.807, 2.05) is 0 Å². The molecule has 2 rings (SSSR count). The highest BCUT2D eigenvalue weighted by Gasteiger charge is 2.26. The first-order chi connectivity index (χ1) is 9.33. The Balaban J connectivity index is 2.15. The molecule has 1 aliphatic carbocycles. The maximum absolute atomic E-state index is 6.45. The van der Waals surface area contributed by atoms with Crippen molar-refractivity contribution in [2.45, 2.75) is 64.0 Å². The van der Waals surface area contributed by atoms with Gasteiger partial charge in [-0.15, -0.1) is 0 Å². The summed E-state index contributed by atoms with van der Waals surface area (Å²) in [5, 5.41) is 0. The largest absolute Gasteiger partial charge is 0.367 e. The van der Waals surface area contributed by atoms with Crippen LogP contribution >= 0.6 is 0 Å². The minimum absolute atomic E-state index is 0.333. The Labute approximate surface area is 118 Å². The third-order valence-corrected chi connectivity index (χ3v) is 4.27. The van der Waals surface area contributed by atoms with Crippen LogP contribution in [0.1, 0.15) is 51.9 Å². The van der Waals surface area contributed by atoms with Crippen LogP contribution in [0, 0.1) is 0 Å². The molecule has 2 atom stereocenters. The van der Waals surface area contributed by atoms with E-state index in [1.165, 1.54) is 50.6 Å². The van der Waals surface area contributed by atoms with Crippen LogP contribution < -0.4 is 10.6 Å². The van der Waals surface area contributed by atoms with E-state index in [-0.39, 0.29) is 0 Å². The molecule has 2 heteroatoms. The van der Waals surface area contributed by atoms with Gasteiger partial charge in [-0.05, 0) is 31.4 Å². The minimum Gasteiger partial charge on any atom is -0.367 e. The maximum Gasteiger partial charge on any atom is 0.0441 e. The van der Waals surface area contributed by atoms with Gasteiger partial charge in [-0.1, -0.05) is 50.8 Å². The Morgan fingerprint density at radius 3 is 2.58 bits per heavy atom. The monoisotopic (exact) mass is 260 g/mol. The molecule has 0 aliphatic heterocycles. The molecule has 106 valence electrons. The van der Waals surface area contributed by atoms with E-state index in [9.17, 15) is 0 Å². The number of unbranched alkanes of at least 4 members (excludes halogenated alkanes) is 1. The van der Waals surface area contributed by atoms with E-state index in [0.717, 1.165) is 6.54 Å². The summed E-state index contributed by atoms with van der Waals surface area (Å²) in [6.45, 7) is 3.40. The zero-order valence-corrected chi connectivity index (χ0v) is 12.2. The maximum atomic E-state index is 6.45. The SMILES string of the molecule is CCCCN(c1ccccc1)C1CCCCCC1N. The van der Waals surface area contributed by atoms with E-state index < -0.39 is 0 Å². The number of nitrogens with zero attached hydrogens (tertiary/aromatic N) is 1. The molecule has 1 aromatic rings. The summed E-state index contributed by atoms with van der Waals surface area (Å²) >= 11 is 0.